The van der Waals surface area contributed by atoms with Crippen molar-refractivity contribution in [3.8, 4) is 0 Å². The lowest BCUT2D eigenvalue weighted by molar-refractivity contribution is 0.102. The summed E-state index contributed by atoms with van der Waals surface area (Å²) in [5.41, 5.74) is 0.677. The number of anilines is 1. The highest BCUT2D eigenvalue weighted by Crippen LogP contribution is 2.17. The molecule has 0 aromatic heterocycles. The minimum absolute atomic E-state index is 0.00488. The number of benzene rings is 2. The van der Waals surface area contributed by atoms with Gasteiger partial charge < -0.3 is 5.32 Å². The molecule has 0 atom stereocenters. The van der Waals surface area contributed by atoms with E-state index in [4.69, 9.17) is 0 Å². The first kappa shape index (κ1) is 13.1. The summed E-state index contributed by atoms with van der Waals surface area (Å²) < 4.78 is 39.2. The quantitative estimate of drug-likeness (QED) is 0.882. The van der Waals surface area contributed by atoms with Crippen molar-refractivity contribution in [3.63, 3.8) is 0 Å². The summed E-state index contributed by atoms with van der Waals surface area (Å²) in [6.45, 7) is 1.74. The maximum absolute atomic E-state index is 13.4. The molecule has 0 unspecified atom stereocenters. The first-order valence-electron chi connectivity index (χ1n) is 5.50. The summed E-state index contributed by atoms with van der Waals surface area (Å²) in [4.78, 5) is 11.8. The van der Waals surface area contributed by atoms with Gasteiger partial charge in [-0.25, -0.2) is 13.2 Å². The van der Waals surface area contributed by atoms with E-state index in [9.17, 15) is 18.0 Å². The van der Waals surface area contributed by atoms with Crippen LogP contribution in [0.25, 0.3) is 0 Å². The van der Waals surface area contributed by atoms with Crippen LogP contribution in [-0.4, -0.2) is 5.91 Å². The largest absolute Gasteiger partial charge is 0.319 e. The van der Waals surface area contributed by atoms with Gasteiger partial charge in [-0.05, 0) is 42.8 Å². The van der Waals surface area contributed by atoms with E-state index in [1.165, 1.54) is 12.1 Å². The Morgan fingerprint density at radius 3 is 2.32 bits per heavy atom. The Hall–Kier alpha value is -2.30. The van der Waals surface area contributed by atoms with Crippen LogP contribution >= 0.6 is 0 Å². The average Bonchev–Trinajstić information content (AvgIpc) is 2.37. The van der Waals surface area contributed by atoms with E-state index in [0.717, 1.165) is 23.8 Å². The van der Waals surface area contributed by atoms with Gasteiger partial charge in [0.05, 0.1) is 5.69 Å². The topological polar surface area (TPSA) is 29.1 Å². The van der Waals surface area contributed by atoms with Crippen LogP contribution in [0, 0.1) is 24.4 Å². The van der Waals surface area contributed by atoms with E-state index in [2.05, 4.69) is 5.32 Å². The Morgan fingerprint density at radius 1 is 0.947 bits per heavy atom. The molecule has 0 aliphatic carbocycles. The molecule has 98 valence electrons. The summed E-state index contributed by atoms with van der Waals surface area (Å²) in [5, 5.41) is 2.31. The lowest BCUT2D eigenvalue weighted by Crippen LogP contribution is -2.13. The fraction of sp³-hybridized carbons (Fsp3) is 0.0714. The van der Waals surface area contributed by atoms with Crippen LogP contribution in [0.1, 0.15) is 15.9 Å². The van der Waals surface area contributed by atoms with Gasteiger partial charge in [-0.2, -0.15) is 0 Å². The van der Waals surface area contributed by atoms with Crippen molar-refractivity contribution >= 4 is 11.6 Å². The van der Waals surface area contributed by atoms with Crippen LogP contribution in [0.5, 0.6) is 0 Å². The van der Waals surface area contributed by atoms with Crippen LogP contribution in [-0.2, 0) is 0 Å². The number of carbonyl (C=O) groups excluding carboxylic acids is 1. The molecular formula is C14H10F3NO. The number of rotatable bonds is 2. The molecule has 0 aliphatic rings. The van der Waals surface area contributed by atoms with Crippen molar-refractivity contribution in [1.29, 1.82) is 0 Å². The van der Waals surface area contributed by atoms with Crippen molar-refractivity contribution in [1.82, 2.24) is 0 Å². The highest BCUT2D eigenvalue weighted by atomic mass is 19.2. The number of hydrogen-bond acceptors (Lipinski definition) is 1. The van der Waals surface area contributed by atoms with E-state index in [1.54, 1.807) is 13.0 Å². The van der Waals surface area contributed by atoms with Gasteiger partial charge in [0.15, 0.2) is 11.6 Å². The third-order valence-electron chi connectivity index (χ3n) is 2.55. The van der Waals surface area contributed by atoms with E-state index in [1.807, 2.05) is 0 Å². The second-order valence-electron chi connectivity index (χ2n) is 4.07. The van der Waals surface area contributed by atoms with Gasteiger partial charge in [0, 0.05) is 5.56 Å². The smallest absolute Gasteiger partial charge is 0.255 e. The first-order chi connectivity index (χ1) is 8.97. The Labute approximate surface area is 107 Å². The van der Waals surface area contributed by atoms with Gasteiger partial charge in [-0.3, -0.25) is 4.79 Å². The van der Waals surface area contributed by atoms with E-state index in [-0.39, 0.29) is 11.3 Å². The lowest BCUT2D eigenvalue weighted by atomic mass is 10.1. The average molecular weight is 265 g/mol. The number of hydrogen-bond donors (Lipinski definition) is 1. The van der Waals surface area contributed by atoms with Crippen molar-refractivity contribution < 1.29 is 18.0 Å². The van der Waals surface area contributed by atoms with Crippen molar-refractivity contribution in [2.75, 3.05) is 5.32 Å². The summed E-state index contributed by atoms with van der Waals surface area (Å²) in [5.74, 6) is -3.47. The predicted molar refractivity (Wildman–Crippen MR) is 65.4 cm³/mol. The Kier molecular flexibility index (Phi) is 3.55. The third-order valence-corrected chi connectivity index (χ3v) is 2.55. The molecule has 5 heteroatoms. The Morgan fingerprint density at radius 2 is 1.63 bits per heavy atom. The second kappa shape index (κ2) is 5.14. The molecule has 0 aliphatic heterocycles. The maximum atomic E-state index is 13.4. The van der Waals surface area contributed by atoms with E-state index in [0.29, 0.717) is 0 Å². The van der Waals surface area contributed by atoms with Gasteiger partial charge >= 0.3 is 0 Å². The molecule has 2 aromatic carbocycles. The first-order valence-corrected chi connectivity index (χ1v) is 5.50. The number of amides is 1. The van der Waals surface area contributed by atoms with E-state index >= 15 is 0 Å². The van der Waals surface area contributed by atoms with Crippen molar-refractivity contribution in [2.45, 2.75) is 6.92 Å². The summed E-state index contributed by atoms with van der Waals surface area (Å²) >= 11 is 0. The van der Waals surface area contributed by atoms with Crippen molar-refractivity contribution in [2.24, 2.45) is 0 Å². The fourth-order valence-electron chi connectivity index (χ4n) is 1.57. The molecule has 0 spiro atoms. The van der Waals surface area contributed by atoms with Crippen molar-refractivity contribution in [3.05, 3.63) is 65.0 Å². The van der Waals surface area contributed by atoms with E-state index < -0.39 is 23.4 Å². The zero-order chi connectivity index (χ0) is 14.0. The van der Waals surface area contributed by atoms with Gasteiger partial charge in [0.1, 0.15) is 5.82 Å². The molecule has 2 aromatic rings. The number of nitrogens with one attached hydrogen (secondary N) is 1. The number of aryl methyl sites for hydroxylation is 1. The van der Waals surface area contributed by atoms with Crippen LogP contribution in [0.3, 0.4) is 0 Å². The number of halogens is 3. The van der Waals surface area contributed by atoms with Gasteiger partial charge in [0.25, 0.3) is 5.91 Å². The second-order valence-corrected chi connectivity index (χ2v) is 4.07. The lowest BCUT2D eigenvalue weighted by Gasteiger charge is -2.07. The standard InChI is InChI=1S/C14H10F3NO/c1-8-2-4-11(16)13(6-8)18-14(19)9-3-5-10(15)12(17)7-9/h2-7H,1H3,(H,18,19). The maximum Gasteiger partial charge on any atom is 0.255 e. The van der Waals surface area contributed by atoms with Gasteiger partial charge in [0.2, 0.25) is 0 Å². The zero-order valence-corrected chi connectivity index (χ0v) is 10.0. The highest BCUT2D eigenvalue weighted by molar-refractivity contribution is 6.04. The summed E-state index contributed by atoms with van der Waals surface area (Å²) in [6.07, 6.45) is 0. The SMILES string of the molecule is Cc1ccc(F)c(NC(=O)c2ccc(F)c(F)c2)c1. The molecule has 2 nitrogen and oxygen atoms in total. The highest BCUT2D eigenvalue weighted by Gasteiger charge is 2.12. The van der Waals surface area contributed by atoms with Crippen LogP contribution in [0.15, 0.2) is 36.4 Å². The van der Waals surface area contributed by atoms with Crippen LogP contribution in [0.2, 0.25) is 0 Å². The fourth-order valence-corrected chi connectivity index (χ4v) is 1.57. The monoisotopic (exact) mass is 265 g/mol. The van der Waals surface area contributed by atoms with Crippen LogP contribution in [0.4, 0.5) is 18.9 Å². The third kappa shape index (κ3) is 2.93. The Balaban J connectivity index is 2.25. The molecule has 0 radical (unpaired) electrons. The van der Waals surface area contributed by atoms with Crippen LogP contribution < -0.4 is 5.32 Å². The summed E-state index contributed by atoms with van der Waals surface area (Å²) in [7, 11) is 0. The molecule has 0 saturated heterocycles. The Bertz CT molecular complexity index is 641. The molecule has 2 rings (SSSR count). The summed E-state index contributed by atoms with van der Waals surface area (Å²) in [6, 6.07) is 6.96. The predicted octanol–water partition coefficient (Wildman–Crippen LogP) is 3.66. The molecule has 0 fully saturated rings. The minimum Gasteiger partial charge on any atom is -0.319 e. The molecular weight excluding hydrogens is 255 g/mol. The van der Waals surface area contributed by atoms with Gasteiger partial charge in [-0.1, -0.05) is 6.07 Å². The molecule has 0 bridgehead atoms. The molecule has 0 saturated carbocycles. The van der Waals surface area contributed by atoms with Gasteiger partial charge in [-0.15, -0.1) is 0 Å². The zero-order valence-electron chi connectivity index (χ0n) is 10.0. The molecule has 1 amide bonds. The number of carbonyl (C=O) groups is 1. The normalized spacial score (nSPS) is 10.3. The molecule has 0 heterocycles. The molecule has 1 N–H and O–H groups in total. The minimum atomic E-state index is -1.13. The molecule has 19 heavy (non-hydrogen) atoms.